The Bertz CT molecular complexity index is 1100. The number of benzene rings is 2. The third-order valence-electron chi connectivity index (χ3n) is 4.04. The van der Waals surface area contributed by atoms with Gasteiger partial charge in [-0.2, -0.15) is 9.61 Å². The highest BCUT2D eigenvalue weighted by molar-refractivity contribution is 7.99. The average Bonchev–Trinajstić information content (AvgIpc) is 3.15. The number of fused-ring (bicyclic) bond motifs is 1. The summed E-state index contributed by atoms with van der Waals surface area (Å²) in [6.07, 6.45) is 0. The van der Waals surface area contributed by atoms with Gasteiger partial charge in [0.25, 0.3) is 0 Å². The zero-order valence-electron chi connectivity index (χ0n) is 14.7. The van der Waals surface area contributed by atoms with Gasteiger partial charge in [-0.3, -0.25) is 4.79 Å². The second-order valence-electron chi connectivity index (χ2n) is 6.03. The van der Waals surface area contributed by atoms with E-state index in [-0.39, 0.29) is 11.7 Å². The first-order chi connectivity index (χ1) is 13.7. The van der Waals surface area contributed by atoms with Crippen LogP contribution in [0.1, 0.15) is 5.56 Å². The molecule has 4 aromatic rings. The predicted molar refractivity (Wildman–Crippen MR) is 110 cm³/mol. The van der Waals surface area contributed by atoms with Gasteiger partial charge in [0, 0.05) is 17.1 Å². The molecule has 0 radical (unpaired) electrons. The molecule has 0 saturated heterocycles. The minimum Gasteiger partial charge on any atom is -0.351 e. The quantitative estimate of drug-likeness (QED) is 0.490. The Morgan fingerprint density at radius 2 is 1.79 bits per heavy atom. The van der Waals surface area contributed by atoms with Gasteiger partial charge in [0.05, 0.1) is 11.4 Å². The second-order valence-corrected chi connectivity index (χ2v) is 7.41. The maximum absolute atomic E-state index is 12.2. The van der Waals surface area contributed by atoms with Gasteiger partial charge < -0.3 is 5.32 Å². The fourth-order valence-electron chi connectivity index (χ4n) is 2.61. The lowest BCUT2D eigenvalue weighted by atomic mass is 10.1. The molecule has 8 heteroatoms. The highest BCUT2D eigenvalue weighted by atomic mass is 35.5. The van der Waals surface area contributed by atoms with Gasteiger partial charge in [0.1, 0.15) is 0 Å². The van der Waals surface area contributed by atoms with E-state index in [0.717, 1.165) is 16.8 Å². The lowest BCUT2D eigenvalue weighted by molar-refractivity contribution is -0.118. The SMILES string of the molecule is O=C(CSc1nnc2ccc(-c3ccccc3)nn12)NCc1ccc(Cl)cc1. The number of nitrogens with zero attached hydrogens (tertiary/aromatic N) is 4. The second kappa shape index (κ2) is 8.41. The summed E-state index contributed by atoms with van der Waals surface area (Å²) in [6, 6.07) is 21.0. The Hall–Kier alpha value is -2.90. The standard InChI is InChI=1S/C20H16ClN5OS/c21-16-8-6-14(7-9-16)12-22-19(27)13-28-20-24-23-18-11-10-17(25-26(18)20)15-4-2-1-3-5-15/h1-11H,12-13H2,(H,22,27). The van der Waals surface area contributed by atoms with Crippen LogP contribution in [0, 0.1) is 0 Å². The number of thioether (sulfide) groups is 1. The third kappa shape index (κ3) is 4.32. The molecule has 0 aliphatic carbocycles. The Kier molecular flexibility index (Phi) is 5.55. The van der Waals surface area contributed by atoms with Crippen molar-refractivity contribution in [3.8, 4) is 11.3 Å². The van der Waals surface area contributed by atoms with Crippen LogP contribution in [0.5, 0.6) is 0 Å². The molecule has 6 nitrogen and oxygen atoms in total. The van der Waals surface area contributed by atoms with Gasteiger partial charge in [0.15, 0.2) is 5.65 Å². The first kappa shape index (κ1) is 18.5. The number of carbonyl (C=O) groups is 1. The van der Waals surface area contributed by atoms with Gasteiger partial charge in [-0.25, -0.2) is 0 Å². The maximum atomic E-state index is 12.2. The van der Waals surface area contributed by atoms with Crippen LogP contribution in [0.4, 0.5) is 0 Å². The van der Waals surface area contributed by atoms with Gasteiger partial charge >= 0.3 is 0 Å². The molecule has 0 bridgehead atoms. The average molecular weight is 410 g/mol. The third-order valence-corrected chi connectivity index (χ3v) is 5.21. The van der Waals surface area contributed by atoms with E-state index in [1.54, 1.807) is 16.6 Å². The van der Waals surface area contributed by atoms with Crippen LogP contribution in [0.15, 0.2) is 71.9 Å². The molecule has 28 heavy (non-hydrogen) atoms. The van der Waals surface area contributed by atoms with Gasteiger partial charge in [0.2, 0.25) is 11.1 Å². The number of hydrogen-bond acceptors (Lipinski definition) is 5. The van der Waals surface area contributed by atoms with Crippen molar-refractivity contribution in [3.05, 3.63) is 77.3 Å². The molecule has 4 rings (SSSR count). The Morgan fingerprint density at radius 1 is 1.00 bits per heavy atom. The smallest absolute Gasteiger partial charge is 0.230 e. The van der Waals surface area contributed by atoms with Crippen LogP contribution >= 0.6 is 23.4 Å². The Morgan fingerprint density at radius 3 is 2.57 bits per heavy atom. The van der Waals surface area contributed by atoms with Crippen molar-refractivity contribution >= 4 is 34.9 Å². The van der Waals surface area contributed by atoms with E-state index in [0.29, 0.717) is 22.4 Å². The van der Waals surface area contributed by atoms with Crippen molar-refractivity contribution in [3.63, 3.8) is 0 Å². The van der Waals surface area contributed by atoms with E-state index in [2.05, 4.69) is 20.6 Å². The van der Waals surface area contributed by atoms with Crippen LogP contribution in [-0.2, 0) is 11.3 Å². The summed E-state index contributed by atoms with van der Waals surface area (Å²) in [5.74, 6) is 0.141. The number of nitrogens with one attached hydrogen (secondary N) is 1. The van der Waals surface area contributed by atoms with Crippen molar-refractivity contribution in [1.29, 1.82) is 0 Å². The Labute approximate surface area is 170 Å². The molecule has 0 unspecified atom stereocenters. The van der Waals surface area contributed by atoms with E-state index in [9.17, 15) is 4.79 Å². The number of amides is 1. The monoisotopic (exact) mass is 409 g/mol. The highest BCUT2D eigenvalue weighted by Gasteiger charge is 2.11. The number of carbonyl (C=O) groups excluding carboxylic acids is 1. The molecule has 2 aromatic carbocycles. The minimum absolute atomic E-state index is 0.0871. The van der Waals surface area contributed by atoms with E-state index in [1.165, 1.54) is 11.8 Å². The number of rotatable bonds is 6. The first-order valence-corrected chi connectivity index (χ1v) is 9.97. The molecule has 0 aliphatic rings. The molecule has 140 valence electrons. The zero-order chi connectivity index (χ0) is 19.3. The van der Waals surface area contributed by atoms with E-state index >= 15 is 0 Å². The molecule has 0 spiro atoms. The first-order valence-electron chi connectivity index (χ1n) is 8.61. The number of halogens is 1. The van der Waals surface area contributed by atoms with Crippen molar-refractivity contribution < 1.29 is 4.79 Å². The lowest BCUT2D eigenvalue weighted by Crippen LogP contribution is -2.24. The highest BCUT2D eigenvalue weighted by Crippen LogP contribution is 2.20. The lowest BCUT2D eigenvalue weighted by Gasteiger charge is -2.05. The molecule has 1 amide bonds. The molecular formula is C20H16ClN5OS. The van der Waals surface area contributed by atoms with Crippen LogP contribution in [0.2, 0.25) is 5.02 Å². The molecule has 0 aliphatic heterocycles. The number of aromatic nitrogens is 4. The summed E-state index contributed by atoms with van der Waals surface area (Å²) in [4.78, 5) is 12.2. The van der Waals surface area contributed by atoms with E-state index < -0.39 is 0 Å². The van der Waals surface area contributed by atoms with Crippen LogP contribution in [0.25, 0.3) is 16.9 Å². The summed E-state index contributed by atoms with van der Waals surface area (Å²) in [5, 5.41) is 17.0. The fourth-order valence-corrected chi connectivity index (χ4v) is 3.45. The van der Waals surface area contributed by atoms with Crippen molar-refractivity contribution in [2.75, 3.05) is 5.75 Å². The molecule has 0 saturated carbocycles. The number of hydrogen-bond donors (Lipinski definition) is 1. The topological polar surface area (TPSA) is 72.2 Å². The predicted octanol–water partition coefficient (Wildman–Crippen LogP) is 3.85. The maximum Gasteiger partial charge on any atom is 0.230 e. The summed E-state index contributed by atoms with van der Waals surface area (Å²) in [7, 11) is 0. The van der Waals surface area contributed by atoms with Gasteiger partial charge in [-0.1, -0.05) is 65.8 Å². The summed E-state index contributed by atoms with van der Waals surface area (Å²) >= 11 is 7.17. The van der Waals surface area contributed by atoms with Crippen molar-refractivity contribution in [2.24, 2.45) is 0 Å². The largest absolute Gasteiger partial charge is 0.351 e. The van der Waals surface area contributed by atoms with Crippen LogP contribution in [0.3, 0.4) is 0 Å². The van der Waals surface area contributed by atoms with Crippen LogP contribution in [-0.4, -0.2) is 31.5 Å². The normalized spacial score (nSPS) is 10.9. The zero-order valence-corrected chi connectivity index (χ0v) is 16.3. The van der Waals surface area contributed by atoms with Gasteiger partial charge in [-0.15, -0.1) is 10.2 Å². The summed E-state index contributed by atoms with van der Waals surface area (Å²) < 4.78 is 1.67. The van der Waals surface area contributed by atoms with E-state index in [4.69, 9.17) is 11.6 Å². The molecule has 2 aromatic heterocycles. The molecule has 0 fully saturated rings. The minimum atomic E-state index is -0.0871. The molecule has 0 atom stereocenters. The summed E-state index contributed by atoms with van der Waals surface area (Å²) in [5.41, 5.74) is 3.46. The molecule has 1 N–H and O–H groups in total. The molecular weight excluding hydrogens is 394 g/mol. The van der Waals surface area contributed by atoms with Crippen molar-refractivity contribution in [2.45, 2.75) is 11.7 Å². The summed E-state index contributed by atoms with van der Waals surface area (Å²) in [6.45, 7) is 0.452. The van der Waals surface area contributed by atoms with E-state index in [1.807, 2.05) is 54.6 Å². The van der Waals surface area contributed by atoms with Crippen molar-refractivity contribution in [1.82, 2.24) is 25.1 Å². The molecule has 2 heterocycles. The fraction of sp³-hybridized carbons (Fsp3) is 0.100. The van der Waals surface area contributed by atoms with Crippen LogP contribution < -0.4 is 5.32 Å². The Balaban J connectivity index is 1.41. The van der Waals surface area contributed by atoms with Gasteiger partial charge in [-0.05, 0) is 29.8 Å².